The number of halogens is 1. The maximum atomic E-state index is 2.33. The van der Waals surface area contributed by atoms with Crippen molar-refractivity contribution in [1.29, 1.82) is 0 Å². The van der Waals surface area contributed by atoms with Gasteiger partial charge < -0.3 is 0 Å². The largest absolute Gasteiger partial charge is 0.191 e. The highest BCUT2D eigenvalue weighted by atomic mass is 127. The molecule has 6 heavy (non-hydrogen) atoms. The summed E-state index contributed by atoms with van der Waals surface area (Å²) in [6.45, 7) is 1.27. The van der Waals surface area contributed by atoms with E-state index in [2.05, 4.69) is 25.4 Å². The minimum absolute atomic E-state index is 1.27. The summed E-state index contributed by atoms with van der Waals surface area (Å²) < 4.78 is 2.25. The summed E-state index contributed by atoms with van der Waals surface area (Å²) in [6, 6.07) is 0. The fraction of sp³-hybridized carbons (Fsp3) is 1.00. The predicted octanol–water partition coefficient (Wildman–Crippen LogP) is 1.69. The first-order valence-corrected chi connectivity index (χ1v) is 3.86. The molecule has 36 valence electrons. The summed E-state index contributed by atoms with van der Waals surface area (Å²) in [5.41, 5.74) is 0. The first-order valence-electron chi connectivity index (χ1n) is 1.96. The van der Waals surface area contributed by atoms with Crippen molar-refractivity contribution < 1.29 is 0 Å². The summed E-state index contributed by atoms with van der Waals surface area (Å²) in [6.07, 6.45) is 1.37. The molecule has 1 saturated heterocycles. The van der Waals surface area contributed by atoms with Crippen molar-refractivity contribution in [3.8, 4) is 0 Å². The van der Waals surface area contributed by atoms with Crippen LogP contribution in [0.15, 0.2) is 0 Å². The Morgan fingerprint density at radius 2 is 2.50 bits per heavy atom. The summed E-state index contributed by atoms with van der Waals surface area (Å²) >= 11 is 4.25. The molecule has 0 aromatic carbocycles. The lowest BCUT2D eigenvalue weighted by molar-refractivity contribution is 0.801. The van der Waals surface area contributed by atoms with E-state index in [9.17, 15) is 0 Å². The second kappa shape index (κ2) is 2.37. The van der Waals surface area contributed by atoms with Gasteiger partial charge in [0.15, 0.2) is 0 Å². The summed E-state index contributed by atoms with van der Waals surface area (Å²) in [7, 11) is 0. The van der Waals surface area contributed by atoms with Gasteiger partial charge in [0.1, 0.15) is 0 Å². The van der Waals surface area contributed by atoms with Crippen LogP contribution < -0.4 is 0 Å². The number of nitrogens with zero attached hydrogens (tertiary/aromatic N) is 1. The monoisotopic (exact) mass is 215 g/mol. The van der Waals surface area contributed by atoms with Crippen LogP contribution in [0.2, 0.25) is 0 Å². The summed E-state index contributed by atoms with van der Waals surface area (Å²) in [4.78, 5) is 0. The van der Waals surface area contributed by atoms with Crippen molar-refractivity contribution in [1.82, 2.24) is 2.52 Å². The van der Waals surface area contributed by atoms with Gasteiger partial charge in [-0.3, -0.25) is 0 Å². The van der Waals surface area contributed by atoms with Gasteiger partial charge >= 0.3 is 0 Å². The first kappa shape index (κ1) is 5.18. The normalized spacial score (nSPS) is 25.5. The molecular formula is C3H6INS. The zero-order valence-corrected chi connectivity index (χ0v) is 6.33. The van der Waals surface area contributed by atoms with Crippen LogP contribution in [0.4, 0.5) is 0 Å². The molecule has 1 aliphatic heterocycles. The molecular weight excluding hydrogens is 209 g/mol. The third-order valence-electron chi connectivity index (χ3n) is 0.710. The van der Waals surface area contributed by atoms with E-state index < -0.39 is 0 Å². The van der Waals surface area contributed by atoms with Crippen molar-refractivity contribution in [2.75, 3.05) is 12.3 Å². The molecule has 1 rings (SSSR count). The van der Waals surface area contributed by atoms with E-state index in [1.165, 1.54) is 18.7 Å². The van der Waals surface area contributed by atoms with Crippen molar-refractivity contribution in [3.05, 3.63) is 0 Å². The van der Waals surface area contributed by atoms with Gasteiger partial charge in [-0.05, 0) is 6.42 Å². The van der Waals surface area contributed by atoms with E-state index >= 15 is 0 Å². The van der Waals surface area contributed by atoms with E-state index in [-0.39, 0.29) is 0 Å². The topological polar surface area (TPSA) is 3.24 Å². The van der Waals surface area contributed by atoms with E-state index in [0.29, 0.717) is 0 Å². The van der Waals surface area contributed by atoms with Crippen LogP contribution in [0.1, 0.15) is 6.42 Å². The number of hydrogen-bond donors (Lipinski definition) is 0. The van der Waals surface area contributed by atoms with E-state index in [4.69, 9.17) is 0 Å². The van der Waals surface area contributed by atoms with Gasteiger partial charge in [0, 0.05) is 35.2 Å². The van der Waals surface area contributed by atoms with Crippen LogP contribution in [-0.2, 0) is 0 Å². The average molecular weight is 215 g/mol. The molecule has 0 aliphatic carbocycles. The second-order valence-electron chi connectivity index (χ2n) is 1.23. The molecule has 3 heteroatoms. The second-order valence-corrected chi connectivity index (χ2v) is 4.15. The molecule has 0 N–H and O–H groups in total. The van der Waals surface area contributed by atoms with Crippen molar-refractivity contribution >= 4 is 34.8 Å². The molecule has 0 radical (unpaired) electrons. The predicted molar refractivity (Wildman–Crippen MR) is 37.8 cm³/mol. The van der Waals surface area contributed by atoms with Gasteiger partial charge in [0.05, 0.1) is 0 Å². The molecule has 1 aliphatic rings. The Balaban J connectivity index is 2.18. The highest BCUT2D eigenvalue weighted by Gasteiger charge is 2.06. The summed E-state index contributed by atoms with van der Waals surface area (Å²) in [5, 5.41) is 0. The van der Waals surface area contributed by atoms with Crippen molar-refractivity contribution in [2.45, 2.75) is 6.42 Å². The van der Waals surface area contributed by atoms with Gasteiger partial charge in [-0.25, -0.2) is 0 Å². The summed E-state index contributed by atoms with van der Waals surface area (Å²) in [5.74, 6) is 1.32. The SMILES string of the molecule is IN1CCCS1. The number of hydrogen-bond acceptors (Lipinski definition) is 2. The minimum Gasteiger partial charge on any atom is -0.191 e. The quantitative estimate of drug-likeness (QED) is 0.343. The van der Waals surface area contributed by atoms with Crippen LogP contribution in [0.25, 0.3) is 0 Å². The Morgan fingerprint density at radius 1 is 1.67 bits per heavy atom. The van der Waals surface area contributed by atoms with E-state index in [1.54, 1.807) is 0 Å². The fourth-order valence-corrected chi connectivity index (χ4v) is 2.06. The van der Waals surface area contributed by atoms with Crippen molar-refractivity contribution in [3.63, 3.8) is 0 Å². The standard InChI is InChI=1S/C3H6INS/c4-5-2-1-3-6-5/h1-3H2. The smallest absolute Gasteiger partial charge is 0.0319 e. The Labute approximate surface area is 56.1 Å². The lowest BCUT2D eigenvalue weighted by Gasteiger charge is -1.95. The Hall–Kier alpha value is 1.04. The molecule has 0 bridgehead atoms. The fourth-order valence-electron chi connectivity index (χ4n) is 0.417. The van der Waals surface area contributed by atoms with Gasteiger partial charge in [-0.1, -0.05) is 11.9 Å². The zero-order valence-electron chi connectivity index (χ0n) is 3.35. The van der Waals surface area contributed by atoms with Crippen LogP contribution in [-0.4, -0.2) is 14.8 Å². The highest BCUT2D eigenvalue weighted by Crippen LogP contribution is 2.23. The van der Waals surface area contributed by atoms with Crippen LogP contribution >= 0.6 is 34.8 Å². The van der Waals surface area contributed by atoms with Gasteiger partial charge in [0.25, 0.3) is 0 Å². The lowest BCUT2D eigenvalue weighted by Crippen LogP contribution is -1.90. The van der Waals surface area contributed by atoms with Gasteiger partial charge in [-0.2, -0.15) is 2.52 Å². The van der Waals surface area contributed by atoms with Gasteiger partial charge in [-0.15, -0.1) is 0 Å². The van der Waals surface area contributed by atoms with Gasteiger partial charge in [0.2, 0.25) is 0 Å². The molecule has 1 fully saturated rings. The Morgan fingerprint density at radius 3 is 2.67 bits per heavy atom. The molecule has 0 spiro atoms. The van der Waals surface area contributed by atoms with Crippen molar-refractivity contribution in [2.24, 2.45) is 0 Å². The maximum Gasteiger partial charge on any atom is 0.0319 e. The minimum atomic E-state index is 1.27. The third-order valence-corrected chi connectivity index (χ3v) is 2.96. The number of rotatable bonds is 0. The van der Waals surface area contributed by atoms with E-state index in [1.807, 2.05) is 11.9 Å². The van der Waals surface area contributed by atoms with E-state index in [0.717, 1.165) is 0 Å². The first-order chi connectivity index (χ1) is 2.89. The molecule has 1 heterocycles. The molecule has 0 aromatic rings. The molecule has 0 amide bonds. The Kier molecular flexibility index (Phi) is 2.05. The molecule has 0 saturated carbocycles. The molecule has 0 atom stereocenters. The average Bonchev–Trinajstić information content (AvgIpc) is 1.86. The zero-order chi connectivity index (χ0) is 4.41. The lowest BCUT2D eigenvalue weighted by atomic mass is 10.5. The molecule has 0 aromatic heterocycles. The van der Waals surface area contributed by atoms with Crippen LogP contribution in [0, 0.1) is 0 Å². The third kappa shape index (κ3) is 1.27. The molecule has 0 unspecified atom stereocenters. The van der Waals surface area contributed by atoms with Crippen LogP contribution in [0.3, 0.4) is 0 Å². The molecule has 1 nitrogen and oxygen atoms in total. The Bertz CT molecular complexity index is 44.1. The maximum absolute atomic E-state index is 2.33. The van der Waals surface area contributed by atoms with Crippen LogP contribution in [0.5, 0.6) is 0 Å². The highest BCUT2D eigenvalue weighted by molar-refractivity contribution is 14.1.